The third kappa shape index (κ3) is 4.18. The van der Waals surface area contributed by atoms with E-state index in [1.54, 1.807) is 19.1 Å². The zero-order valence-electron chi connectivity index (χ0n) is 14.4. The number of hydrogen-bond donors (Lipinski definition) is 2. The Labute approximate surface area is 161 Å². The lowest BCUT2D eigenvalue weighted by Gasteiger charge is -2.08. The summed E-state index contributed by atoms with van der Waals surface area (Å²) in [6, 6.07) is 7.46. The Morgan fingerprint density at radius 3 is 2.67 bits per heavy atom. The number of aliphatic hydroxyl groups excluding tert-OH is 1. The predicted molar refractivity (Wildman–Crippen MR) is 101 cm³/mol. The minimum absolute atomic E-state index is 0.119. The molecule has 0 aliphatic rings. The summed E-state index contributed by atoms with van der Waals surface area (Å²) in [5, 5.41) is 9.12. The molecule has 9 heteroatoms. The molecule has 0 unspecified atom stereocenters. The molecule has 2 heterocycles. The van der Waals surface area contributed by atoms with Gasteiger partial charge in [-0.1, -0.05) is 17.7 Å². The number of aromatic nitrogens is 3. The van der Waals surface area contributed by atoms with Crippen molar-refractivity contribution in [2.75, 3.05) is 12.4 Å². The van der Waals surface area contributed by atoms with Crippen LogP contribution in [0.3, 0.4) is 0 Å². The van der Waals surface area contributed by atoms with Gasteiger partial charge in [-0.2, -0.15) is 0 Å². The zero-order chi connectivity index (χ0) is 19.6. The van der Waals surface area contributed by atoms with Crippen molar-refractivity contribution in [3.05, 3.63) is 53.1 Å². The van der Waals surface area contributed by atoms with Crippen LogP contribution in [-0.4, -0.2) is 40.8 Å². The molecule has 2 N–H and O–H groups in total. The summed E-state index contributed by atoms with van der Waals surface area (Å²) >= 11 is 6.26. The number of aliphatic hydroxyl groups is 1. The van der Waals surface area contributed by atoms with Crippen LogP contribution in [0.2, 0.25) is 5.15 Å². The SMILES string of the molecule is Cc1cc(S(=O)(=O)CCCO)ccc1-c1nc(-c2ccc(F)cn2)[nH]c1Cl. The van der Waals surface area contributed by atoms with Gasteiger partial charge in [0.2, 0.25) is 0 Å². The molecular weight excluding hydrogens is 393 g/mol. The molecule has 0 aliphatic heterocycles. The standard InChI is InChI=1S/C18H17ClFN3O3S/c1-11-9-13(27(25,26)8-2-7-24)4-5-14(11)16-17(19)23-18(22-16)15-6-3-12(20)10-21-15/h3-6,9-10,24H,2,7-8H2,1H3,(H,22,23). The predicted octanol–water partition coefficient (Wildman–Crippen LogP) is 3.40. The second kappa shape index (κ2) is 7.75. The van der Waals surface area contributed by atoms with E-state index in [0.717, 1.165) is 6.20 Å². The Kier molecular flexibility index (Phi) is 5.59. The maximum atomic E-state index is 13.0. The molecule has 0 bridgehead atoms. The number of nitrogens with zero attached hydrogens (tertiary/aromatic N) is 2. The molecule has 142 valence electrons. The second-order valence-electron chi connectivity index (χ2n) is 5.98. The third-order valence-corrected chi connectivity index (χ3v) is 6.08. The van der Waals surface area contributed by atoms with Gasteiger partial charge in [0, 0.05) is 12.2 Å². The first kappa shape index (κ1) is 19.5. The van der Waals surface area contributed by atoms with E-state index < -0.39 is 15.7 Å². The summed E-state index contributed by atoms with van der Waals surface area (Å²) in [6.07, 6.45) is 1.27. The van der Waals surface area contributed by atoms with Crippen LogP contribution in [0.1, 0.15) is 12.0 Å². The van der Waals surface area contributed by atoms with Gasteiger partial charge in [-0.3, -0.25) is 0 Å². The van der Waals surface area contributed by atoms with E-state index in [-0.39, 0.29) is 28.8 Å². The van der Waals surface area contributed by atoms with Crippen LogP contribution < -0.4 is 0 Å². The molecule has 2 aromatic heterocycles. The number of rotatable bonds is 6. The van der Waals surface area contributed by atoms with Crippen LogP contribution in [-0.2, 0) is 9.84 Å². The van der Waals surface area contributed by atoms with Crippen LogP contribution in [0.5, 0.6) is 0 Å². The van der Waals surface area contributed by atoms with Crippen molar-refractivity contribution >= 4 is 21.4 Å². The van der Waals surface area contributed by atoms with Crippen LogP contribution in [0, 0.1) is 12.7 Å². The monoisotopic (exact) mass is 409 g/mol. The van der Waals surface area contributed by atoms with Crippen molar-refractivity contribution in [1.29, 1.82) is 0 Å². The number of benzene rings is 1. The third-order valence-electron chi connectivity index (χ3n) is 4.01. The topological polar surface area (TPSA) is 95.9 Å². The summed E-state index contributed by atoms with van der Waals surface area (Å²) in [6.45, 7) is 1.58. The Bertz CT molecular complexity index is 1070. The van der Waals surface area contributed by atoms with Crippen LogP contribution in [0.25, 0.3) is 22.8 Å². The molecule has 27 heavy (non-hydrogen) atoms. The van der Waals surface area contributed by atoms with Crippen LogP contribution >= 0.6 is 11.6 Å². The Morgan fingerprint density at radius 1 is 1.26 bits per heavy atom. The fourth-order valence-electron chi connectivity index (χ4n) is 2.64. The minimum atomic E-state index is -3.46. The Hall–Kier alpha value is -2.29. The number of aromatic amines is 1. The van der Waals surface area contributed by atoms with Gasteiger partial charge in [0.25, 0.3) is 0 Å². The molecule has 0 saturated carbocycles. The molecule has 0 atom stereocenters. The quantitative estimate of drug-likeness (QED) is 0.650. The van der Waals surface area contributed by atoms with Crippen molar-refractivity contribution < 1.29 is 17.9 Å². The highest BCUT2D eigenvalue weighted by Crippen LogP contribution is 2.32. The van der Waals surface area contributed by atoms with E-state index in [9.17, 15) is 12.8 Å². The number of aryl methyl sites for hydroxylation is 1. The van der Waals surface area contributed by atoms with Gasteiger partial charge in [-0.15, -0.1) is 0 Å². The highest BCUT2D eigenvalue weighted by atomic mass is 35.5. The van der Waals surface area contributed by atoms with E-state index in [0.29, 0.717) is 28.3 Å². The zero-order valence-corrected chi connectivity index (χ0v) is 16.0. The number of H-pyrrole nitrogens is 1. The van der Waals surface area contributed by atoms with Gasteiger partial charge in [0.1, 0.15) is 22.4 Å². The first-order valence-electron chi connectivity index (χ1n) is 8.14. The molecule has 6 nitrogen and oxygen atoms in total. The molecule has 0 amide bonds. The summed E-state index contributed by atoms with van der Waals surface area (Å²) < 4.78 is 37.6. The average molecular weight is 410 g/mol. The lowest BCUT2D eigenvalue weighted by Crippen LogP contribution is -2.08. The van der Waals surface area contributed by atoms with Crippen LogP contribution in [0.4, 0.5) is 4.39 Å². The second-order valence-corrected chi connectivity index (χ2v) is 8.47. The lowest BCUT2D eigenvalue weighted by atomic mass is 10.1. The summed E-state index contributed by atoms with van der Waals surface area (Å²) in [5.74, 6) is -0.189. The van der Waals surface area contributed by atoms with Gasteiger partial charge in [0.05, 0.1) is 16.8 Å². The van der Waals surface area contributed by atoms with Gasteiger partial charge < -0.3 is 10.1 Å². The maximum absolute atomic E-state index is 13.0. The highest BCUT2D eigenvalue weighted by Gasteiger charge is 2.18. The molecule has 3 rings (SSSR count). The molecular formula is C18H17ClFN3O3S. The summed E-state index contributed by atoms with van der Waals surface area (Å²) in [4.78, 5) is 11.5. The molecule has 0 spiro atoms. The smallest absolute Gasteiger partial charge is 0.178 e. The largest absolute Gasteiger partial charge is 0.396 e. The summed E-state index contributed by atoms with van der Waals surface area (Å²) in [5.41, 5.74) is 2.25. The molecule has 0 saturated heterocycles. The molecule has 0 aliphatic carbocycles. The fraction of sp³-hybridized carbons (Fsp3) is 0.222. The number of imidazole rings is 1. The van der Waals surface area contributed by atoms with Gasteiger partial charge in [0.15, 0.2) is 15.7 Å². The Morgan fingerprint density at radius 2 is 2.04 bits per heavy atom. The molecule has 0 radical (unpaired) electrons. The van der Waals surface area contributed by atoms with Crippen molar-refractivity contribution in [2.45, 2.75) is 18.2 Å². The van der Waals surface area contributed by atoms with Crippen molar-refractivity contribution in [2.24, 2.45) is 0 Å². The number of nitrogens with one attached hydrogen (secondary N) is 1. The van der Waals surface area contributed by atoms with E-state index >= 15 is 0 Å². The maximum Gasteiger partial charge on any atom is 0.178 e. The number of halogens is 2. The van der Waals surface area contributed by atoms with E-state index in [1.807, 2.05) is 0 Å². The van der Waals surface area contributed by atoms with Crippen molar-refractivity contribution in [3.8, 4) is 22.8 Å². The highest BCUT2D eigenvalue weighted by molar-refractivity contribution is 7.91. The van der Waals surface area contributed by atoms with Crippen molar-refractivity contribution in [1.82, 2.24) is 15.0 Å². The van der Waals surface area contributed by atoms with Crippen molar-refractivity contribution in [3.63, 3.8) is 0 Å². The first-order chi connectivity index (χ1) is 12.8. The van der Waals surface area contributed by atoms with Gasteiger partial charge in [-0.05, 0) is 43.2 Å². The van der Waals surface area contributed by atoms with E-state index in [4.69, 9.17) is 16.7 Å². The molecule has 0 fully saturated rings. The summed E-state index contributed by atoms with van der Waals surface area (Å²) in [7, 11) is -3.46. The minimum Gasteiger partial charge on any atom is -0.396 e. The average Bonchev–Trinajstić information content (AvgIpc) is 3.02. The van der Waals surface area contributed by atoms with Gasteiger partial charge in [-0.25, -0.2) is 22.8 Å². The normalized spacial score (nSPS) is 11.7. The van der Waals surface area contributed by atoms with E-state index in [2.05, 4.69) is 15.0 Å². The fourth-order valence-corrected chi connectivity index (χ4v) is 4.25. The van der Waals surface area contributed by atoms with Crippen LogP contribution in [0.15, 0.2) is 41.4 Å². The number of hydrogen-bond acceptors (Lipinski definition) is 5. The Balaban J connectivity index is 1.96. The van der Waals surface area contributed by atoms with E-state index in [1.165, 1.54) is 18.2 Å². The first-order valence-corrected chi connectivity index (χ1v) is 10.2. The number of pyridine rings is 1. The molecule has 1 aromatic carbocycles. The molecule has 3 aromatic rings. The lowest BCUT2D eigenvalue weighted by molar-refractivity contribution is 0.295. The van der Waals surface area contributed by atoms with Gasteiger partial charge >= 0.3 is 0 Å². The number of sulfone groups is 1.